The van der Waals surface area contributed by atoms with Gasteiger partial charge in [-0.05, 0) is 24.3 Å². The normalized spacial score (nSPS) is 10.8. The van der Waals surface area contributed by atoms with Crippen molar-refractivity contribution in [3.8, 4) is 11.3 Å². The first kappa shape index (κ1) is 13.4. The van der Waals surface area contributed by atoms with Crippen LogP contribution >= 0.6 is 0 Å². The Morgan fingerprint density at radius 3 is 2.87 bits per heavy atom. The van der Waals surface area contributed by atoms with E-state index in [2.05, 4.69) is 30.2 Å². The Bertz CT molecular complexity index is 918. The molecule has 4 aromatic rings. The highest BCUT2D eigenvalue weighted by Gasteiger charge is 2.10. The molecule has 4 rings (SSSR count). The standard InChI is InChI=1S/C17H14N6/c1-2-5-19-12(3-1)10-22-16-9-14(15-11-18-7-8-20-15)13-4-6-21-17(13)23-16/h1-9,11H,10H2,(H2,21,22,23). The summed E-state index contributed by atoms with van der Waals surface area (Å²) in [6.07, 6.45) is 8.77. The maximum Gasteiger partial charge on any atom is 0.140 e. The van der Waals surface area contributed by atoms with E-state index in [1.165, 1.54) is 0 Å². The van der Waals surface area contributed by atoms with E-state index < -0.39 is 0 Å². The summed E-state index contributed by atoms with van der Waals surface area (Å²) in [5, 5.41) is 4.33. The average Bonchev–Trinajstić information content (AvgIpc) is 3.09. The summed E-state index contributed by atoms with van der Waals surface area (Å²) in [6.45, 7) is 0.611. The lowest BCUT2D eigenvalue weighted by Crippen LogP contribution is -2.03. The van der Waals surface area contributed by atoms with E-state index in [0.717, 1.165) is 33.8 Å². The second kappa shape index (κ2) is 5.84. The number of rotatable bonds is 4. The van der Waals surface area contributed by atoms with E-state index in [1.807, 2.05) is 36.5 Å². The van der Waals surface area contributed by atoms with Gasteiger partial charge in [0.1, 0.15) is 11.5 Å². The van der Waals surface area contributed by atoms with Gasteiger partial charge in [0.15, 0.2) is 0 Å². The van der Waals surface area contributed by atoms with Crippen molar-refractivity contribution in [2.24, 2.45) is 0 Å². The number of fused-ring (bicyclic) bond motifs is 1. The number of aromatic amines is 1. The van der Waals surface area contributed by atoms with E-state index >= 15 is 0 Å². The third-order valence-corrected chi connectivity index (χ3v) is 3.54. The molecule has 0 aliphatic carbocycles. The minimum Gasteiger partial charge on any atom is -0.364 e. The highest BCUT2D eigenvalue weighted by Crippen LogP contribution is 2.28. The summed E-state index contributed by atoms with van der Waals surface area (Å²) < 4.78 is 0. The number of H-pyrrole nitrogens is 1. The molecule has 0 fully saturated rings. The molecule has 0 aliphatic heterocycles. The average molecular weight is 302 g/mol. The summed E-state index contributed by atoms with van der Waals surface area (Å²) in [6, 6.07) is 9.83. The monoisotopic (exact) mass is 302 g/mol. The molecule has 0 atom stereocenters. The van der Waals surface area contributed by atoms with Gasteiger partial charge in [-0.25, -0.2) is 4.98 Å². The van der Waals surface area contributed by atoms with Crippen LogP contribution in [0.2, 0.25) is 0 Å². The Morgan fingerprint density at radius 1 is 1.04 bits per heavy atom. The Hall–Kier alpha value is -3.28. The Labute approximate surface area is 132 Å². The molecule has 0 aliphatic rings. The van der Waals surface area contributed by atoms with Crippen molar-refractivity contribution in [1.29, 1.82) is 0 Å². The SMILES string of the molecule is c1ccc(CNc2cc(-c3cnccn3)c3cc[nH]c3n2)nc1. The fraction of sp³-hybridized carbons (Fsp3) is 0.0588. The lowest BCUT2D eigenvalue weighted by Gasteiger charge is -2.08. The molecule has 0 spiro atoms. The maximum atomic E-state index is 4.59. The van der Waals surface area contributed by atoms with E-state index in [4.69, 9.17) is 0 Å². The molecule has 0 saturated carbocycles. The zero-order valence-electron chi connectivity index (χ0n) is 12.3. The van der Waals surface area contributed by atoms with Crippen molar-refractivity contribution >= 4 is 16.9 Å². The van der Waals surface area contributed by atoms with Gasteiger partial charge in [-0.2, -0.15) is 0 Å². The highest BCUT2D eigenvalue weighted by molar-refractivity contribution is 5.93. The van der Waals surface area contributed by atoms with Crippen LogP contribution < -0.4 is 5.32 Å². The summed E-state index contributed by atoms with van der Waals surface area (Å²) in [4.78, 5) is 20.6. The molecule has 0 radical (unpaired) electrons. The minimum atomic E-state index is 0.611. The molecule has 6 nitrogen and oxygen atoms in total. The molecule has 0 bridgehead atoms. The van der Waals surface area contributed by atoms with Crippen LogP contribution in [-0.4, -0.2) is 24.9 Å². The third kappa shape index (κ3) is 2.74. The Morgan fingerprint density at radius 2 is 2.04 bits per heavy atom. The molecular formula is C17H14N6. The number of hydrogen-bond acceptors (Lipinski definition) is 5. The van der Waals surface area contributed by atoms with Crippen LogP contribution in [0.15, 0.2) is 61.3 Å². The number of anilines is 1. The molecule has 4 aromatic heterocycles. The number of nitrogens with one attached hydrogen (secondary N) is 2. The first-order valence-corrected chi connectivity index (χ1v) is 7.28. The number of aromatic nitrogens is 5. The Balaban J connectivity index is 1.71. The molecule has 23 heavy (non-hydrogen) atoms. The quantitative estimate of drug-likeness (QED) is 0.606. The van der Waals surface area contributed by atoms with Gasteiger partial charge in [-0.15, -0.1) is 0 Å². The van der Waals surface area contributed by atoms with Crippen LogP contribution in [0, 0.1) is 0 Å². The minimum absolute atomic E-state index is 0.611. The lowest BCUT2D eigenvalue weighted by molar-refractivity contribution is 1.03. The van der Waals surface area contributed by atoms with Gasteiger partial charge >= 0.3 is 0 Å². The van der Waals surface area contributed by atoms with E-state index in [0.29, 0.717) is 6.54 Å². The summed E-state index contributed by atoms with van der Waals surface area (Å²) in [7, 11) is 0. The van der Waals surface area contributed by atoms with Gasteiger partial charge in [0, 0.05) is 35.7 Å². The van der Waals surface area contributed by atoms with Gasteiger partial charge in [-0.3, -0.25) is 15.0 Å². The van der Waals surface area contributed by atoms with Gasteiger partial charge in [-0.1, -0.05) is 6.07 Å². The van der Waals surface area contributed by atoms with Crippen LogP contribution in [0.1, 0.15) is 5.69 Å². The van der Waals surface area contributed by atoms with Crippen LogP contribution in [0.25, 0.3) is 22.3 Å². The smallest absolute Gasteiger partial charge is 0.140 e. The van der Waals surface area contributed by atoms with Crippen molar-refractivity contribution in [2.45, 2.75) is 6.54 Å². The molecule has 0 aromatic carbocycles. The highest BCUT2D eigenvalue weighted by atomic mass is 15.0. The zero-order valence-corrected chi connectivity index (χ0v) is 12.3. The van der Waals surface area contributed by atoms with Crippen molar-refractivity contribution < 1.29 is 0 Å². The molecular weight excluding hydrogens is 288 g/mol. The zero-order chi connectivity index (χ0) is 15.5. The van der Waals surface area contributed by atoms with Crippen LogP contribution in [0.4, 0.5) is 5.82 Å². The molecule has 0 saturated heterocycles. The molecule has 4 heterocycles. The van der Waals surface area contributed by atoms with Crippen LogP contribution in [0.5, 0.6) is 0 Å². The molecule has 0 unspecified atom stereocenters. The molecule has 0 amide bonds. The van der Waals surface area contributed by atoms with Crippen molar-refractivity contribution in [3.63, 3.8) is 0 Å². The van der Waals surface area contributed by atoms with E-state index in [9.17, 15) is 0 Å². The van der Waals surface area contributed by atoms with Crippen molar-refractivity contribution in [1.82, 2.24) is 24.9 Å². The number of hydrogen-bond donors (Lipinski definition) is 2. The summed E-state index contributed by atoms with van der Waals surface area (Å²) >= 11 is 0. The third-order valence-electron chi connectivity index (χ3n) is 3.54. The van der Waals surface area contributed by atoms with Crippen LogP contribution in [-0.2, 0) is 6.54 Å². The van der Waals surface area contributed by atoms with Gasteiger partial charge in [0.05, 0.1) is 24.1 Å². The van der Waals surface area contributed by atoms with E-state index in [1.54, 1.807) is 24.8 Å². The molecule has 2 N–H and O–H groups in total. The predicted octanol–water partition coefficient (Wildman–Crippen LogP) is 3.03. The lowest BCUT2D eigenvalue weighted by atomic mass is 10.1. The topological polar surface area (TPSA) is 79.4 Å². The summed E-state index contributed by atoms with van der Waals surface area (Å²) in [5.41, 5.74) is 3.59. The predicted molar refractivity (Wildman–Crippen MR) is 88.7 cm³/mol. The van der Waals surface area contributed by atoms with Crippen molar-refractivity contribution in [3.05, 3.63) is 67.0 Å². The second-order valence-corrected chi connectivity index (χ2v) is 5.06. The van der Waals surface area contributed by atoms with E-state index in [-0.39, 0.29) is 0 Å². The van der Waals surface area contributed by atoms with Crippen LogP contribution in [0.3, 0.4) is 0 Å². The Kier molecular flexibility index (Phi) is 3.40. The maximum absolute atomic E-state index is 4.59. The fourth-order valence-corrected chi connectivity index (χ4v) is 2.46. The first-order valence-electron chi connectivity index (χ1n) is 7.28. The fourth-order valence-electron chi connectivity index (χ4n) is 2.46. The first-order chi connectivity index (χ1) is 11.4. The van der Waals surface area contributed by atoms with Gasteiger partial charge < -0.3 is 10.3 Å². The number of pyridine rings is 2. The van der Waals surface area contributed by atoms with Gasteiger partial charge in [0.25, 0.3) is 0 Å². The van der Waals surface area contributed by atoms with Gasteiger partial charge in [0.2, 0.25) is 0 Å². The molecule has 6 heteroatoms. The second-order valence-electron chi connectivity index (χ2n) is 5.06. The summed E-state index contributed by atoms with van der Waals surface area (Å²) in [5.74, 6) is 0.770. The molecule has 112 valence electrons. The van der Waals surface area contributed by atoms with Crippen molar-refractivity contribution in [2.75, 3.05) is 5.32 Å². The number of nitrogens with zero attached hydrogens (tertiary/aromatic N) is 4. The largest absolute Gasteiger partial charge is 0.364 e.